The number of nitrogens with zero attached hydrogens (tertiary/aromatic N) is 1. The van der Waals surface area contributed by atoms with Gasteiger partial charge in [-0.25, -0.2) is 4.79 Å². The summed E-state index contributed by atoms with van der Waals surface area (Å²) in [6.07, 6.45) is 1.57. The third-order valence-electron chi connectivity index (χ3n) is 3.37. The lowest BCUT2D eigenvalue weighted by Gasteiger charge is -2.09. The van der Waals surface area contributed by atoms with Gasteiger partial charge in [-0.05, 0) is 53.5 Å². The van der Waals surface area contributed by atoms with E-state index in [1.54, 1.807) is 18.3 Å². The minimum atomic E-state index is -0.953. The standard InChI is InChI=1S/C18H19N3O2S/c1-12(2)14-7-9-16(10-8-14)20-18(24)21-19-11-13-3-5-15(6-4-13)17(22)23/h3-12H,1-2H3,(H,22,23)(H2,20,21,24)/b19-11+. The minimum Gasteiger partial charge on any atom is -0.478 e. The molecule has 0 atom stereocenters. The van der Waals surface area contributed by atoms with E-state index in [-0.39, 0.29) is 5.56 Å². The van der Waals surface area contributed by atoms with Crippen LogP contribution >= 0.6 is 12.2 Å². The molecule has 0 aliphatic carbocycles. The first-order chi connectivity index (χ1) is 11.5. The second-order valence-corrected chi connectivity index (χ2v) is 5.94. The molecule has 2 aromatic carbocycles. The molecule has 24 heavy (non-hydrogen) atoms. The molecule has 3 N–H and O–H groups in total. The molecule has 0 aromatic heterocycles. The first-order valence-electron chi connectivity index (χ1n) is 7.49. The van der Waals surface area contributed by atoms with Gasteiger partial charge < -0.3 is 10.4 Å². The van der Waals surface area contributed by atoms with Crippen molar-refractivity contribution in [3.8, 4) is 0 Å². The fourth-order valence-electron chi connectivity index (χ4n) is 1.99. The van der Waals surface area contributed by atoms with Crippen LogP contribution in [0.3, 0.4) is 0 Å². The van der Waals surface area contributed by atoms with Gasteiger partial charge in [0, 0.05) is 5.69 Å². The number of hydrogen-bond donors (Lipinski definition) is 3. The largest absolute Gasteiger partial charge is 0.478 e. The molecule has 2 aromatic rings. The lowest BCUT2D eigenvalue weighted by Crippen LogP contribution is -2.23. The zero-order valence-electron chi connectivity index (χ0n) is 13.5. The molecular weight excluding hydrogens is 322 g/mol. The number of nitrogens with one attached hydrogen (secondary N) is 2. The van der Waals surface area contributed by atoms with E-state index >= 15 is 0 Å². The van der Waals surface area contributed by atoms with Gasteiger partial charge in [0.1, 0.15) is 0 Å². The van der Waals surface area contributed by atoms with Crippen LogP contribution in [0.25, 0.3) is 0 Å². The molecule has 124 valence electrons. The number of anilines is 1. The fraction of sp³-hybridized carbons (Fsp3) is 0.167. The smallest absolute Gasteiger partial charge is 0.335 e. The molecular formula is C18H19N3O2S. The Labute approximate surface area is 146 Å². The van der Waals surface area contributed by atoms with Crippen molar-refractivity contribution >= 4 is 35.2 Å². The molecule has 5 nitrogen and oxygen atoms in total. The van der Waals surface area contributed by atoms with Crippen LogP contribution in [0.2, 0.25) is 0 Å². The normalized spacial score (nSPS) is 10.8. The van der Waals surface area contributed by atoms with Gasteiger partial charge in [0.2, 0.25) is 0 Å². The molecule has 6 heteroatoms. The average molecular weight is 341 g/mol. The van der Waals surface area contributed by atoms with Crippen LogP contribution in [-0.2, 0) is 0 Å². The molecule has 0 saturated heterocycles. The third-order valence-corrected chi connectivity index (χ3v) is 3.57. The molecule has 0 unspecified atom stereocenters. The van der Waals surface area contributed by atoms with Gasteiger partial charge in [-0.1, -0.05) is 38.1 Å². The molecule has 0 aliphatic heterocycles. The molecule has 0 saturated carbocycles. The lowest BCUT2D eigenvalue weighted by molar-refractivity contribution is 0.0697. The molecule has 0 amide bonds. The van der Waals surface area contributed by atoms with Crippen molar-refractivity contribution in [2.75, 3.05) is 5.32 Å². The maximum absolute atomic E-state index is 10.8. The molecule has 0 radical (unpaired) electrons. The predicted molar refractivity (Wildman–Crippen MR) is 101 cm³/mol. The fourth-order valence-corrected chi connectivity index (χ4v) is 2.16. The first kappa shape index (κ1) is 17.6. The lowest BCUT2D eigenvalue weighted by atomic mass is 10.0. The number of hydrogen-bond acceptors (Lipinski definition) is 3. The van der Waals surface area contributed by atoms with E-state index in [0.717, 1.165) is 11.3 Å². The zero-order chi connectivity index (χ0) is 17.5. The molecule has 0 fully saturated rings. The maximum atomic E-state index is 10.8. The van der Waals surface area contributed by atoms with Gasteiger partial charge in [-0.15, -0.1) is 0 Å². The van der Waals surface area contributed by atoms with Crippen LogP contribution in [0.5, 0.6) is 0 Å². The number of carbonyl (C=O) groups is 1. The second kappa shape index (κ2) is 8.21. The quantitative estimate of drug-likeness (QED) is 0.438. The predicted octanol–water partition coefficient (Wildman–Crippen LogP) is 3.83. The Bertz CT molecular complexity index is 738. The second-order valence-electron chi connectivity index (χ2n) is 5.53. The van der Waals surface area contributed by atoms with Crippen molar-refractivity contribution in [1.29, 1.82) is 0 Å². The van der Waals surface area contributed by atoms with E-state index in [9.17, 15) is 4.79 Å². The Kier molecular flexibility index (Phi) is 6.03. The molecule has 0 bridgehead atoms. The summed E-state index contributed by atoms with van der Waals surface area (Å²) >= 11 is 5.18. The van der Waals surface area contributed by atoms with Crippen LogP contribution in [-0.4, -0.2) is 22.4 Å². The molecule has 0 spiro atoms. The number of rotatable bonds is 5. The van der Waals surface area contributed by atoms with E-state index in [4.69, 9.17) is 17.3 Å². The third kappa shape index (κ3) is 5.17. The van der Waals surface area contributed by atoms with E-state index in [0.29, 0.717) is 11.0 Å². The maximum Gasteiger partial charge on any atom is 0.335 e. The molecule has 2 rings (SSSR count). The SMILES string of the molecule is CC(C)c1ccc(NC(=S)N/N=C/c2ccc(C(=O)O)cc2)cc1. The summed E-state index contributed by atoms with van der Waals surface area (Å²) in [7, 11) is 0. The van der Waals surface area contributed by atoms with Gasteiger partial charge in [-0.2, -0.15) is 5.10 Å². The van der Waals surface area contributed by atoms with Gasteiger partial charge in [0.05, 0.1) is 11.8 Å². The summed E-state index contributed by atoms with van der Waals surface area (Å²) < 4.78 is 0. The highest BCUT2D eigenvalue weighted by Gasteiger charge is 2.01. The van der Waals surface area contributed by atoms with Crippen molar-refractivity contribution in [2.24, 2.45) is 5.10 Å². The van der Waals surface area contributed by atoms with Gasteiger partial charge in [0.25, 0.3) is 0 Å². The van der Waals surface area contributed by atoms with E-state index in [1.165, 1.54) is 17.7 Å². The Morgan fingerprint density at radius 2 is 1.75 bits per heavy atom. The first-order valence-corrected chi connectivity index (χ1v) is 7.90. The number of benzene rings is 2. The summed E-state index contributed by atoms with van der Waals surface area (Å²) in [5, 5.41) is 16.3. The zero-order valence-corrected chi connectivity index (χ0v) is 14.3. The summed E-state index contributed by atoms with van der Waals surface area (Å²) in [4.78, 5) is 10.8. The number of carboxylic acid groups (broad SMARTS) is 1. The van der Waals surface area contributed by atoms with Gasteiger partial charge in [0.15, 0.2) is 5.11 Å². The van der Waals surface area contributed by atoms with Crippen molar-refractivity contribution in [2.45, 2.75) is 19.8 Å². The highest BCUT2D eigenvalue weighted by atomic mass is 32.1. The number of hydrazone groups is 1. The van der Waals surface area contributed by atoms with E-state index in [2.05, 4.69) is 41.8 Å². The van der Waals surface area contributed by atoms with Gasteiger partial charge in [-0.3, -0.25) is 5.43 Å². The van der Waals surface area contributed by atoms with Crippen molar-refractivity contribution in [3.05, 3.63) is 65.2 Å². The van der Waals surface area contributed by atoms with Crippen LogP contribution in [0.1, 0.15) is 41.3 Å². The summed E-state index contributed by atoms with van der Waals surface area (Å²) in [5.74, 6) is -0.466. The Balaban J connectivity index is 1.87. The Morgan fingerprint density at radius 3 is 2.29 bits per heavy atom. The van der Waals surface area contributed by atoms with Crippen LogP contribution < -0.4 is 10.7 Å². The highest BCUT2D eigenvalue weighted by Crippen LogP contribution is 2.16. The summed E-state index contributed by atoms with van der Waals surface area (Å²) in [6, 6.07) is 14.5. The minimum absolute atomic E-state index is 0.238. The van der Waals surface area contributed by atoms with Crippen molar-refractivity contribution < 1.29 is 9.90 Å². The monoisotopic (exact) mass is 341 g/mol. The summed E-state index contributed by atoms with van der Waals surface area (Å²) in [5.41, 5.74) is 5.89. The van der Waals surface area contributed by atoms with Gasteiger partial charge >= 0.3 is 5.97 Å². The Morgan fingerprint density at radius 1 is 1.12 bits per heavy atom. The van der Waals surface area contributed by atoms with Crippen molar-refractivity contribution in [3.63, 3.8) is 0 Å². The topological polar surface area (TPSA) is 73.7 Å². The van der Waals surface area contributed by atoms with Crippen LogP contribution in [0.4, 0.5) is 5.69 Å². The van der Waals surface area contributed by atoms with E-state index < -0.39 is 5.97 Å². The number of thiocarbonyl (C=S) groups is 1. The van der Waals surface area contributed by atoms with Crippen LogP contribution in [0, 0.1) is 0 Å². The van der Waals surface area contributed by atoms with E-state index in [1.807, 2.05) is 12.1 Å². The van der Waals surface area contributed by atoms with Crippen LogP contribution in [0.15, 0.2) is 53.6 Å². The van der Waals surface area contributed by atoms with Crippen molar-refractivity contribution in [1.82, 2.24) is 5.43 Å². The average Bonchev–Trinajstić information content (AvgIpc) is 2.55. The molecule has 0 heterocycles. The number of aromatic carboxylic acids is 1. The Hall–Kier alpha value is -2.73. The highest BCUT2D eigenvalue weighted by molar-refractivity contribution is 7.80. The number of carboxylic acids is 1. The molecule has 0 aliphatic rings. The summed E-state index contributed by atoms with van der Waals surface area (Å²) in [6.45, 7) is 4.29.